The van der Waals surface area contributed by atoms with Crippen molar-refractivity contribution in [3.63, 3.8) is 0 Å². The summed E-state index contributed by atoms with van der Waals surface area (Å²) in [5.74, 6) is 0. The predicted octanol–water partition coefficient (Wildman–Crippen LogP) is -0.378. The van der Waals surface area contributed by atoms with Crippen LogP contribution in [0.25, 0.3) is 0 Å². The van der Waals surface area contributed by atoms with Crippen molar-refractivity contribution in [2.24, 2.45) is 0 Å². The van der Waals surface area contributed by atoms with Gasteiger partial charge in [-0.25, -0.2) is 0 Å². The molecule has 2 unspecified atom stereocenters. The number of carbonyl (C=O) groups excluding carboxylic acids is 1. The maximum Gasteiger partial charge on any atom is 0.121 e. The summed E-state index contributed by atoms with van der Waals surface area (Å²) in [5.41, 5.74) is 0.140. The van der Waals surface area contributed by atoms with Gasteiger partial charge >= 0.3 is 0 Å². The van der Waals surface area contributed by atoms with Crippen LogP contribution in [-0.2, 0) is 4.79 Å². The lowest BCUT2D eigenvalue weighted by Crippen LogP contribution is -2.50. The number of fused-ring (bicyclic) bond motifs is 2. The van der Waals surface area contributed by atoms with Gasteiger partial charge in [0.15, 0.2) is 0 Å². The van der Waals surface area contributed by atoms with Crippen molar-refractivity contribution < 1.29 is 4.79 Å². The third kappa shape index (κ3) is 0.993. The minimum Gasteiger partial charge on any atom is -0.308 e. The highest BCUT2D eigenvalue weighted by Crippen LogP contribution is 2.33. The molecule has 0 amide bonds. The number of carbonyl (C=O) groups is 1. The Morgan fingerprint density at radius 3 is 3.09 bits per heavy atom. The van der Waals surface area contributed by atoms with Gasteiger partial charge < -0.3 is 15.0 Å². The van der Waals surface area contributed by atoms with Crippen molar-refractivity contribution in [1.29, 1.82) is 0 Å². The van der Waals surface area contributed by atoms with E-state index in [4.69, 9.17) is 0 Å². The van der Waals surface area contributed by atoms with Crippen molar-refractivity contribution in [3.8, 4) is 0 Å². The maximum absolute atomic E-state index is 10.4. The van der Waals surface area contributed by atoms with E-state index in [1.807, 2.05) is 0 Å². The van der Waals surface area contributed by atoms with Crippen LogP contribution in [0.15, 0.2) is 0 Å². The largest absolute Gasteiger partial charge is 0.308 e. The van der Waals surface area contributed by atoms with Crippen molar-refractivity contribution in [3.05, 3.63) is 0 Å². The maximum atomic E-state index is 10.4. The molecule has 0 radical (unpaired) electrons. The number of rotatable bonds is 2. The zero-order valence-electron chi connectivity index (χ0n) is 6.84. The number of hydrogen-bond donors (Lipinski definition) is 1. The van der Waals surface area contributed by atoms with Crippen molar-refractivity contribution in [1.82, 2.24) is 10.2 Å². The Hall–Kier alpha value is -0.410. The van der Waals surface area contributed by atoms with Crippen LogP contribution in [0.2, 0.25) is 0 Å². The lowest BCUT2D eigenvalue weighted by Gasteiger charge is -2.29. The summed E-state index contributed by atoms with van der Waals surface area (Å²) in [6, 6.07) is 0.676. The number of likely N-dealkylation sites (N-methyl/N-ethyl adjacent to an activating group) is 1. The van der Waals surface area contributed by atoms with E-state index in [2.05, 4.69) is 17.3 Å². The number of nitrogens with one attached hydrogen (secondary N) is 1. The van der Waals surface area contributed by atoms with Crippen LogP contribution in [0, 0.1) is 0 Å². The lowest BCUT2D eigenvalue weighted by atomic mass is 9.97. The molecule has 2 bridgehead atoms. The van der Waals surface area contributed by atoms with E-state index in [0.29, 0.717) is 12.5 Å². The summed E-state index contributed by atoms with van der Waals surface area (Å²) in [5, 5.41) is 3.43. The van der Waals surface area contributed by atoms with E-state index in [1.165, 1.54) is 0 Å². The predicted molar refractivity (Wildman–Crippen MR) is 42.4 cm³/mol. The van der Waals surface area contributed by atoms with Gasteiger partial charge in [-0.15, -0.1) is 0 Å². The topological polar surface area (TPSA) is 32.3 Å². The minimum atomic E-state index is 0.140. The fourth-order valence-corrected chi connectivity index (χ4v) is 2.35. The highest BCUT2D eigenvalue weighted by atomic mass is 16.1. The molecule has 0 aliphatic carbocycles. The van der Waals surface area contributed by atoms with Gasteiger partial charge in [-0.2, -0.15) is 0 Å². The molecule has 2 heterocycles. The molecule has 0 aromatic carbocycles. The highest BCUT2D eigenvalue weighted by Gasteiger charge is 2.47. The van der Waals surface area contributed by atoms with Crippen LogP contribution < -0.4 is 5.32 Å². The van der Waals surface area contributed by atoms with Crippen molar-refractivity contribution in [2.75, 3.05) is 20.1 Å². The Morgan fingerprint density at radius 2 is 2.64 bits per heavy atom. The fraction of sp³-hybridized carbons (Fsp3) is 0.875. The van der Waals surface area contributed by atoms with Gasteiger partial charge in [0.05, 0.1) is 0 Å². The van der Waals surface area contributed by atoms with Crippen LogP contribution in [0.1, 0.15) is 12.8 Å². The molecule has 3 heteroatoms. The summed E-state index contributed by atoms with van der Waals surface area (Å²) in [6.07, 6.45) is 2.87. The summed E-state index contributed by atoms with van der Waals surface area (Å²) in [6.45, 7) is 2.10. The third-order valence-corrected chi connectivity index (χ3v) is 2.99. The molecule has 2 atom stereocenters. The van der Waals surface area contributed by atoms with E-state index in [-0.39, 0.29) is 5.54 Å². The van der Waals surface area contributed by atoms with Crippen molar-refractivity contribution >= 4 is 6.29 Å². The van der Waals surface area contributed by atoms with E-state index in [1.54, 1.807) is 0 Å². The molecule has 0 saturated carbocycles. The molecule has 2 fully saturated rings. The molecule has 62 valence electrons. The zero-order valence-corrected chi connectivity index (χ0v) is 6.84. The van der Waals surface area contributed by atoms with E-state index in [9.17, 15) is 4.79 Å². The highest BCUT2D eigenvalue weighted by molar-refractivity contribution is 5.52. The molecule has 2 aliphatic rings. The molecule has 2 aliphatic heterocycles. The Labute approximate surface area is 66.8 Å². The zero-order chi connectivity index (χ0) is 7.90. The van der Waals surface area contributed by atoms with Gasteiger partial charge in [0.2, 0.25) is 0 Å². The second-order valence-electron chi connectivity index (χ2n) is 3.81. The van der Waals surface area contributed by atoms with Crippen LogP contribution in [0.3, 0.4) is 0 Å². The average Bonchev–Trinajstić information content (AvgIpc) is 2.44. The quantitative estimate of drug-likeness (QED) is 0.550. The van der Waals surface area contributed by atoms with Crippen LogP contribution in [0.5, 0.6) is 0 Å². The van der Waals surface area contributed by atoms with E-state index >= 15 is 0 Å². The normalized spacial score (nSPS) is 43.2. The molecule has 2 saturated heterocycles. The number of nitrogens with zero attached hydrogens (tertiary/aromatic N) is 1. The monoisotopic (exact) mass is 154 g/mol. The van der Waals surface area contributed by atoms with Gasteiger partial charge in [0.25, 0.3) is 0 Å². The molecule has 11 heavy (non-hydrogen) atoms. The second-order valence-corrected chi connectivity index (χ2v) is 3.81. The molecule has 0 aromatic rings. The molecule has 1 N–H and O–H groups in total. The summed E-state index contributed by atoms with van der Waals surface area (Å²) in [7, 11) is 2.14. The molecule has 0 spiro atoms. The third-order valence-electron chi connectivity index (χ3n) is 2.99. The first-order chi connectivity index (χ1) is 5.26. The second kappa shape index (κ2) is 2.29. The number of hydrogen-bond acceptors (Lipinski definition) is 3. The SMILES string of the molecule is CN1CC2(CC=O)CC1CN2. The van der Waals surface area contributed by atoms with Gasteiger partial charge in [-0.3, -0.25) is 0 Å². The Kier molecular flexibility index (Phi) is 1.51. The molecule has 0 aromatic heterocycles. The minimum absolute atomic E-state index is 0.140. The van der Waals surface area contributed by atoms with Gasteiger partial charge in [0, 0.05) is 31.1 Å². The van der Waals surface area contributed by atoms with Crippen LogP contribution in [0.4, 0.5) is 0 Å². The Morgan fingerprint density at radius 1 is 1.82 bits per heavy atom. The molecular weight excluding hydrogens is 140 g/mol. The van der Waals surface area contributed by atoms with Gasteiger partial charge in [-0.1, -0.05) is 0 Å². The first kappa shape index (κ1) is 7.25. The summed E-state index contributed by atoms with van der Waals surface area (Å²) >= 11 is 0. The number of piperazine rings is 1. The molecular formula is C8H14N2O. The summed E-state index contributed by atoms with van der Waals surface area (Å²) in [4.78, 5) is 12.7. The Bertz CT molecular complexity index is 179. The van der Waals surface area contributed by atoms with Crippen LogP contribution >= 0.6 is 0 Å². The number of likely N-dealkylation sites (tertiary alicyclic amines) is 1. The van der Waals surface area contributed by atoms with E-state index < -0.39 is 0 Å². The number of aldehydes is 1. The standard InChI is InChI=1S/C8H14N2O/c1-10-6-8(2-3-11)4-7(10)5-9-8/h3,7,9H,2,4-6H2,1H3. The fourth-order valence-electron chi connectivity index (χ4n) is 2.35. The van der Waals surface area contributed by atoms with Crippen molar-refractivity contribution in [2.45, 2.75) is 24.4 Å². The van der Waals surface area contributed by atoms with E-state index in [0.717, 1.165) is 25.8 Å². The smallest absolute Gasteiger partial charge is 0.121 e. The summed E-state index contributed by atoms with van der Waals surface area (Å²) < 4.78 is 0. The van der Waals surface area contributed by atoms with Gasteiger partial charge in [0.1, 0.15) is 6.29 Å². The lowest BCUT2D eigenvalue weighted by molar-refractivity contribution is -0.109. The first-order valence-corrected chi connectivity index (χ1v) is 4.15. The molecule has 3 nitrogen and oxygen atoms in total. The Balaban J connectivity index is 2.10. The molecule has 2 rings (SSSR count). The van der Waals surface area contributed by atoms with Gasteiger partial charge in [-0.05, 0) is 13.5 Å². The first-order valence-electron chi connectivity index (χ1n) is 4.15. The van der Waals surface area contributed by atoms with Crippen LogP contribution in [-0.4, -0.2) is 42.9 Å². The average molecular weight is 154 g/mol.